The first-order valence-electron chi connectivity index (χ1n) is 10.8. The van der Waals surface area contributed by atoms with Gasteiger partial charge in [0.15, 0.2) is 23.2 Å². The molecule has 2 N–H and O–H groups in total. The number of aromatic nitrogens is 2. The molecule has 5 rings (SSSR count). The fourth-order valence-corrected chi connectivity index (χ4v) is 4.18. The van der Waals surface area contributed by atoms with E-state index < -0.39 is 11.6 Å². The van der Waals surface area contributed by atoms with Gasteiger partial charge in [-0.1, -0.05) is 0 Å². The van der Waals surface area contributed by atoms with Crippen molar-refractivity contribution in [2.45, 2.75) is 57.2 Å². The highest BCUT2D eigenvalue weighted by Crippen LogP contribution is 2.34. The van der Waals surface area contributed by atoms with Gasteiger partial charge in [0.05, 0.1) is 11.4 Å². The number of nitrogens with zero attached hydrogens (tertiary/aromatic N) is 3. The van der Waals surface area contributed by atoms with Crippen LogP contribution >= 0.6 is 0 Å². The van der Waals surface area contributed by atoms with Crippen molar-refractivity contribution in [3.63, 3.8) is 0 Å². The van der Waals surface area contributed by atoms with E-state index in [2.05, 4.69) is 22.5 Å². The van der Waals surface area contributed by atoms with Crippen LogP contribution in [0.2, 0.25) is 0 Å². The number of halogens is 2. The van der Waals surface area contributed by atoms with Crippen molar-refractivity contribution in [2.75, 3.05) is 29.9 Å². The van der Waals surface area contributed by atoms with Gasteiger partial charge in [-0.2, -0.15) is 0 Å². The van der Waals surface area contributed by atoms with E-state index in [9.17, 15) is 8.78 Å². The molecule has 30 heavy (non-hydrogen) atoms. The van der Waals surface area contributed by atoms with Crippen molar-refractivity contribution in [3.8, 4) is 5.75 Å². The maximum absolute atomic E-state index is 13.9. The number of anilines is 2. The van der Waals surface area contributed by atoms with E-state index in [-0.39, 0.29) is 17.9 Å². The van der Waals surface area contributed by atoms with Crippen LogP contribution in [-0.4, -0.2) is 41.7 Å². The second-order valence-electron chi connectivity index (χ2n) is 8.45. The van der Waals surface area contributed by atoms with Crippen LogP contribution in [0.25, 0.3) is 0 Å². The molecule has 3 aliphatic rings. The second kappa shape index (κ2) is 7.98. The van der Waals surface area contributed by atoms with E-state index in [1.165, 1.54) is 25.0 Å². The first-order chi connectivity index (χ1) is 14.6. The molecule has 1 aromatic heterocycles. The van der Waals surface area contributed by atoms with Gasteiger partial charge in [-0.15, -0.1) is 0 Å². The summed E-state index contributed by atoms with van der Waals surface area (Å²) in [5.74, 6) is 0.645. The van der Waals surface area contributed by atoms with Crippen LogP contribution in [0.5, 0.6) is 5.75 Å². The van der Waals surface area contributed by atoms with E-state index in [0.717, 1.165) is 68.0 Å². The van der Waals surface area contributed by atoms with Gasteiger partial charge in [-0.3, -0.25) is 0 Å². The number of ether oxygens (including phenoxy) is 1. The number of fused-ring (bicyclic) bond motifs is 1. The summed E-state index contributed by atoms with van der Waals surface area (Å²) in [4.78, 5) is 12.2. The molecule has 3 heterocycles. The molecular weight excluding hydrogens is 388 g/mol. The maximum Gasteiger partial charge on any atom is 0.172 e. The molecule has 0 spiro atoms. The van der Waals surface area contributed by atoms with Crippen LogP contribution in [0, 0.1) is 11.6 Å². The van der Waals surface area contributed by atoms with Gasteiger partial charge in [0.25, 0.3) is 0 Å². The third-order valence-corrected chi connectivity index (χ3v) is 6.05. The summed E-state index contributed by atoms with van der Waals surface area (Å²) < 4.78 is 32.8. The summed E-state index contributed by atoms with van der Waals surface area (Å²) in [6.07, 6.45) is 4.63. The van der Waals surface area contributed by atoms with Crippen molar-refractivity contribution < 1.29 is 13.5 Å². The zero-order valence-electron chi connectivity index (χ0n) is 17.1. The highest BCUT2D eigenvalue weighted by Gasteiger charge is 2.30. The largest absolute Gasteiger partial charge is 0.487 e. The molecule has 0 radical (unpaired) electrons. The first kappa shape index (κ1) is 19.5. The number of nitrogens with one attached hydrogen (secondary N) is 2. The SMILES string of the molecule is CC1NCCc2nc(NC3CC3)c(N3CCC(Oc4ccc(F)cc4F)CC3)nc21. The van der Waals surface area contributed by atoms with E-state index in [4.69, 9.17) is 14.7 Å². The lowest BCUT2D eigenvalue weighted by atomic mass is 10.1. The Kier molecular flexibility index (Phi) is 5.18. The Morgan fingerprint density at radius 2 is 1.93 bits per heavy atom. The standard InChI is InChI=1S/C22H27F2N5O/c1-13-20-18(6-9-25-13)27-21(26-15-3-4-15)22(28-20)29-10-7-16(8-11-29)30-19-5-2-14(23)12-17(19)24/h2,5,12-13,15-16,25H,3-4,6-11H2,1H3,(H,26,27). The molecule has 2 aliphatic heterocycles. The predicted octanol–water partition coefficient (Wildman–Crippen LogP) is 3.58. The molecule has 6 nitrogen and oxygen atoms in total. The van der Waals surface area contributed by atoms with Crippen molar-refractivity contribution >= 4 is 11.6 Å². The zero-order chi connectivity index (χ0) is 20.7. The monoisotopic (exact) mass is 415 g/mol. The number of hydrogen-bond acceptors (Lipinski definition) is 6. The summed E-state index contributed by atoms with van der Waals surface area (Å²) in [6, 6.07) is 4.13. The molecular formula is C22H27F2N5O. The van der Waals surface area contributed by atoms with Gasteiger partial charge in [0.2, 0.25) is 0 Å². The molecule has 1 unspecified atom stereocenters. The van der Waals surface area contributed by atoms with Crippen LogP contribution in [0.1, 0.15) is 50.0 Å². The van der Waals surface area contributed by atoms with Crippen molar-refractivity contribution in [1.82, 2.24) is 15.3 Å². The van der Waals surface area contributed by atoms with Gasteiger partial charge in [0, 0.05) is 57.0 Å². The molecule has 2 aromatic rings. The highest BCUT2D eigenvalue weighted by atomic mass is 19.1. The predicted molar refractivity (Wildman–Crippen MR) is 111 cm³/mol. The molecule has 1 saturated carbocycles. The van der Waals surface area contributed by atoms with Gasteiger partial charge in [0.1, 0.15) is 11.9 Å². The normalized spacial score (nSPS) is 22.0. The molecule has 0 bridgehead atoms. The Morgan fingerprint density at radius 3 is 2.67 bits per heavy atom. The zero-order valence-corrected chi connectivity index (χ0v) is 17.1. The first-order valence-corrected chi connectivity index (χ1v) is 10.8. The van der Waals surface area contributed by atoms with Crippen molar-refractivity contribution in [2.24, 2.45) is 0 Å². The van der Waals surface area contributed by atoms with Crippen LogP contribution in [0.4, 0.5) is 20.4 Å². The van der Waals surface area contributed by atoms with Crippen LogP contribution in [0.3, 0.4) is 0 Å². The van der Waals surface area contributed by atoms with Gasteiger partial charge < -0.3 is 20.3 Å². The van der Waals surface area contributed by atoms with Crippen LogP contribution in [0.15, 0.2) is 18.2 Å². The molecule has 1 saturated heterocycles. The Bertz CT molecular complexity index is 928. The fraction of sp³-hybridized carbons (Fsp3) is 0.545. The Balaban J connectivity index is 1.31. The molecule has 0 amide bonds. The minimum Gasteiger partial charge on any atom is -0.487 e. The molecule has 1 atom stereocenters. The number of hydrogen-bond donors (Lipinski definition) is 2. The second-order valence-corrected chi connectivity index (χ2v) is 8.45. The third kappa shape index (κ3) is 4.05. The summed E-state index contributed by atoms with van der Waals surface area (Å²) in [5, 5.41) is 7.02. The van der Waals surface area contributed by atoms with E-state index in [1.54, 1.807) is 0 Å². The highest BCUT2D eigenvalue weighted by molar-refractivity contribution is 5.63. The van der Waals surface area contributed by atoms with Gasteiger partial charge >= 0.3 is 0 Å². The minimum atomic E-state index is -0.657. The summed E-state index contributed by atoms with van der Waals surface area (Å²) in [5.41, 5.74) is 2.11. The van der Waals surface area contributed by atoms with Crippen LogP contribution in [-0.2, 0) is 6.42 Å². The Morgan fingerprint density at radius 1 is 1.13 bits per heavy atom. The molecule has 160 valence electrons. The molecule has 8 heteroatoms. The smallest absolute Gasteiger partial charge is 0.172 e. The number of piperidine rings is 1. The summed E-state index contributed by atoms with van der Waals surface area (Å²) in [7, 11) is 0. The summed E-state index contributed by atoms with van der Waals surface area (Å²) in [6.45, 7) is 4.56. The lowest BCUT2D eigenvalue weighted by Gasteiger charge is -2.35. The molecule has 1 aromatic carbocycles. The minimum absolute atomic E-state index is 0.104. The summed E-state index contributed by atoms with van der Waals surface area (Å²) >= 11 is 0. The Hall–Kier alpha value is -2.48. The van der Waals surface area contributed by atoms with Gasteiger partial charge in [-0.05, 0) is 31.9 Å². The van der Waals surface area contributed by atoms with Crippen LogP contribution < -0.4 is 20.3 Å². The third-order valence-electron chi connectivity index (χ3n) is 6.05. The van der Waals surface area contributed by atoms with Gasteiger partial charge in [-0.25, -0.2) is 18.7 Å². The number of rotatable bonds is 5. The maximum atomic E-state index is 13.9. The average molecular weight is 415 g/mol. The lowest BCUT2D eigenvalue weighted by molar-refractivity contribution is 0.163. The fourth-order valence-electron chi connectivity index (χ4n) is 4.18. The Labute approximate surface area is 175 Å². The average Bonchev–Trinajstić information content (AvgIpc) is 3.55. The van der Waals surface area contributed by atoms with Crippen molar-refractivity contribution in [1.29, 1.82) is 0 Å². The molecule has 2 fully saturated rings. The lowest BCUT2D eigenvalue weighted by Crippen LogP contribution is -2.40. The van der Waals surface area contributed by atoms with E-state index >= 15 is 0 Å². The molecule has 1 aliphatic carbocycles. The van der Waals surface area contributed by atoms with Crippen molar-refractivity contribution in [3.05, 3.63) is 41.2 Å². The van der Waals surface area contributed by atoms with E-state index in [0.29, 0.717) is 6.04 Å². The number of benzene rings is 1. The quantitative estimate of drug-likeness (QED) is 0.778. The van der Waals surface area contributed by atoms with E-state index in [1.807, 2.05) is 0 Å². The topological polar surface area (TPSA) is 62.3 Å².